The van der Waals surface area contributed by atoms with Crippen molar-refractivity contribution in [3.8, 4) is 0 Å². The van der Waals surface area contributed by atoms with Gasteiger partial charge in [0.1, 0.15) is 11.6 Å². The zero-order chi connectivity index (χ0) is 14.6. The molecule has 2 N–H and O–H groups in total. The Morgan fingerprint density at radius 3 is 2.58 bits per heavy atom. The second-order valence-corrected chi connectivity index (χ2v) is 5.05. The number of nitrogens with zero attached hydrogens (tertiary/aromatic N) is 1. The molecular formula is C14H20F2N2O. The Balaban J connectivity index is 2.69. The Kier molecular flexibility index (Phi) is 5.42. The topological polar surface area (TPSA) is 46.3 Å². The van der Waals surface area contributed by atoms with E-state index in [0.717, 1.165) is 18.2 Å². The highest BCUT2D eigenvalue weighted by atomic mass is 19.1. The van der Waals surface area contributed by atoms with Gasteiger partial charge in [0.25, 0.3) is 5.91 Å². The molecule has 5 heteroatoms. The number of amides is 1. The van der Waals surface area contributed by atoms with E-state index in [1.54, 1.807) is 7.05 Å². The lowest BCUT2D eigenvalue weighted by atomic mass is 10.0. The van der Waals surface area contributed by atoms with Crippen molar-refractivity contribution in [3.63, 3.8) is 0 Å². The van der Waals surface area contributed by atoms with Crippen LogP contribution in [0.5, 0.6) is 0 Å². The van der Waals surface area contributed by atoms with Gasteiger partial charge < -0.3 is 10.6 Å². The standard InChI is InChI=1S/C14H20F2N2O/c1-9(2)13(17)6-7-18(3)14(19)11-8-10(15)4-5-12(11)16/h4-5,8-9,13H,6-7,17H2,1-3H3. The third-order valence-corrected chi connectivity index (χ3v) is 3.16. The molecule has 0 saturated carbocycles. The number of benzene rings is 1. The predicted octanol–water partition coefficient (Wildman–Crippen LogP) is 2.41. The van der Waals surface area contributed by atoms with Crippen molar-refractivity contribution in [1.29, 1.82) is 0 Å². The van der Waals surface area contributed by atoms with E-state index >= 15 is 0 Å². The minimum atomic E-state index is -0.716. The summed E-state index contributed by atoms with van der Waals surface area (Å²) < 4.78 is 26.5. The lowest BCUT2D eigenvalue weighted by Gasteiger charge is -2.21. The van der Waals surface area contributed by atoms with Gasteiger partial charge in [0.15, 0.2) is 0 Å². The summed E-state index contributed by atoms with van der Waals surface area (Å²) in [6.07, 6.45) is 0.622. The molecule has 0 spiro atoms. The van der Waals surface area contributed by atoms with Crippen LogP contribution in [0.25, 0.3) is 0 Å². The smallest absolute Gasteiger partial charge is 0.256 e. The molecule has 0 heterocycles. The van der Waals surface area contributed by atoms with Crippen LogP contribution >= 0.6 is 0 Å². The van der Waals surface area contributed by atoms with E-state index < -0.39 is 17.5 Å². The third-order valence-electron chi connectivity index (χ3n) is 3.16. The summed E-state index contributed by atoms with van der Waals surface area (Å²) in [5.74, 6) is -1.56. The molecule has 0 aromatic heterocycles. The third kappa shape index (κ3) is 4.28. The van der Waals surface area contributed by atoms with E-state index in [4.69, 9.17) is 5.73 Å². The van der Waals surface area contributed by atoms with Crippen LogP contribution in [0.1, 0.15) is 30.6 Å². The molecule has 1 aromatic carbocycles. The number of rotatable bonds is 5. The second kappa shape index (κ2) is 6.61. The van der Waals surface area contributed by atoms with Crippen LogP contribution in [0.3, 0.4) is 0 Å². The molecule has 0 radical (unpaired) electrons. The summed E-state index contributed by atoms with van der Waals surface area (Å²) in [6.45, 7) is 4.41. The molecule has 1 unspecified atom stereocenters. The monoisotopic (exact) mass is 270 g/mol. The van der Waals surface area contributed by atoms with E-state index in [-0.39, 0.29) is 11.6 Å². The average molecular weight is 270 g/mol. The normalized spacial score (nSPS) is 12.6. The van der Waals surface area contributed by atoms with Gasteiger partial charge in [-0.1, -0.05) is 13.8 Å². The number of halogens is 2. The van der Waals surface area contributed by atoms with Crippen LogP contribution in [0.4, 0.5) is 8.78 Å². The van der Waals surface area contributed by atoms with Crippen LogP contribution in [-0.4, -0.2) is 30.4 Å². The van der Waals surface area contributed by atoms with Crippen molar-refractivity contribution < 1.29 is 13.6 Å². The Bertz CT molecular complexity index is 449. The molecule has 1 amide bonds. The fraction of sp³-hybridized carbons (Fsp3) is 0.500. The lowest BCUT2D eigenvalue weighted by Crippen LogP contribution is -2.35. The minimum Gasteiger partial charge on any atom is -0.342 e. The molecule has 1 atom stereocenters. The summed E-state index contributed by atoms with van der Waals surface area (Å²) in [7, 11) is 1.56. The summed E-state index contributed by atoms with van der Waals surface area (Å²) in [4.78, 5) is 13.3. The van der Waals surface area contributed by atoms with Gasteiger partial charge in [-0.15, -0.1) is 0 Å². The molecule has 1 rings (SSSR count). The molecule has 19 heavy (non-hydrogen) atoms. The van der Waals surface area contributed by atoms with Crippen molar-refractivity contribution in [1.82, 2.24) is 4.90 Å². The molecule has 3 nitrogen and oxygen atoms in total. The van der Waals surface area contributed by atoms with Gasteiger partial charge in [-0.25, -0.2) is 8.78 Å². The molecule has 0 aliphatic carbocycles. The van der Waals surface area contributed by atoms with E-state index in [1.165, 1.54) is 4.90 Å². The molecule has 0 bridgehead atoms. The Morgan fingerprint density at radius 1 is 1.37 bits per heavy atom. The molecule has 1 aromatic rings. The molecule has 0 aliphatic rings. The van der Waals surface area contributed by atoms with Crippen LogP contribution in [-0.2, 0) is 0 Å². The van der Waals surface area contributed by atoms with Crippen LogP contribution in [0, 0.1) is 17.6 Å². The highest BCUT2D eigenvalue weighted by Crippen LogP contribution is 2.13. The fourth-order valence-corrected chi connectivity index (χ4v) is 1.64. The quantitative estimate of drug-likeness (QED) is 0.893. The molecule has 106 valence electrons. The number of carbonyl (C=O) groups is 1. The largest absolute Gasteiger partial charge is 0.342 e. The Labute approximate surface area is 112 Å². The van der Waals surface area contributed by atoms with E-state index in [9.17, 15) is 13.6 Å². The number of carbonyl (C=O) groups excluding carboxylic acids is 1. The zero-order valence-electron chi connectivity index (χ0n) is 11.5. The van der Waals surface area contributed by atoms with E-state index in [0.29, 0.717) is 18.9 Å². The van der Waals surface area contributed by atoms with Gasteiger partial charge in [0, 0.05) is 19.6 Å². The van der Waals surface area contributed by atoms with Crippen molar-refractivity contribution in [2.75, 3.05) is 13.6 Å². The van der Waals surface area contributed by atoms with Gasteiger partial charge in [0.05, 0.1) is 5.56 Å². The van der Waals surface area contributed by atoms with Gasteiger partial charge >= 0.3 is 0 Å². The fourth-order valence-electron chi connectivity index (χ4n) is 1.64. The van der Waals surface area contributed by atoms with Crippen molar-refractivity contribution in [2.24, 2.45) is 11.7 Å². The average Bonchev–Trinajstić information content (AvgIpc) is 2.37. The summed E-state index contributed by atoms with van der Waals surface area (Å²) in [5.41, 5.74) is 5.64. The summed E-state index contributed by atoms with van der Waals surface area (Å²) in [5, 5.41) is 0. The SMILES string of the molecule is CC(C)C(N)CCN(C)C(=O)c1cc(F)ccc1F. The highest BCUT2D eigenvalue weighted by molar-refractivity contribution is 5.94. The maximum absolute atomic E-state index is 13.5. The van der Waals surface area contributed by atoms with Gasteiger partial charge in [0.2, 0.25) is 0 Å². The van der Waals surface area contributed by atoms with Crippen molar-refractivity contribution in [3.05, 3.63) is 35.4 Å². The maximum Gasteiger partial charge on any atom is 0.256 e. The summed E-state index contributed by atoms with van der Waals surface area (Å²) >= 11 is 0. The van der Waals surface area contributed by atoms with E-state index in [2.05, 4.69) is 0 Å². The second-order valence-electron chi connectivity index (χ2n) is 5.05. The van der Waals surface area contributed by atoms with Crippen molar-refractivity contribution >= 4 is 5.91 Å². The Hall–Kier alpha value is -1.49. The highest BCUT2D eigenvalue weighted by Gasteiger charge is 2.18. The molecular weight excluding hydrogens is 250 g/mol. The zero-order valence-corrected chi connectivity index (χ0v) is 11.5. The van der Waals surface area contributed by atoms with Gasteiger partial charge in [-0.05, 0) is 30.5 Å². The predicted molar refractivity (Wildman–Crippen MR) is 70.7 cm³/mol. The Morgan fingerprint density at radius 2 is 2.00 bits per heavy atom. The lowest BCUT2D eigenvalue weighted by molar-refractivity contribution is 0.0784. The van der Waals surface area contributed by atoms with Crippen molar-refractivity contribution in [2.45, 2.75) is 26.3 Å². The first kappa shape index (κ1) is 15.6. The maximum atomic E-state index is 13.5. The molecule has 0 aliphatic heterocycles. The van der Waals surface area contributed by atoms with Gasteiger partial charge in [-0.3, -0.25) is 4.79 Å². The van der Waals surface area contributed by atoms with Crippen LogP contribution in [0.15, 0.2) is 18.2 Å². The van der Waals surface area contributed by atoms with E-state index in [1.807, 2.05) is 13.8 Å². The minimum absolute atomic E-state index is 0.0207. The summed E-state index contributed by atoms with van der Waals surface area (Å²) in [6, 6.07) is 2.83. The molecule has 0 saturated heterocycles. The van der Waals surface area contributed by atoms with Crippen LogP contribution < -0.4 is 5.73 Å². The first-order valence-corrected chi connectivity index (χ1v) is 6.29. The van der Waals surface area contributed by atoms with Crippen LogP contribution in [0.2, 0.25) is 0 Å². The number of hydrogen-bond acceptors (Lipinski definition) is 2. The first-order valence-electron chi connectivity index (χ1n) is 6.29. The molecule has 0 fully saturated rings. The first-order chi connectivity index (χ1) is 8.82. The van der Waals surface area contributed by atoms with Gasteiger partial charge in [-0.2, -0.15) is 0 Å². The number of nitrogens with two attached hydrogens (primary N) is 1. The number of hydrogen-bond donors (Lipinski definition) is 1.